The van der Waals surface area contributed by atoms with Crippen molar-refractivity contribution in [2.24, 2.45) is 0 Å². The molecular formula is C18H18N2O2S. The Kier molecular flexibility index (Phi) is 4.30. The Labute approximate surface area is 136 Å². The van der Waals surface area contributed by atoms with Gasteiger partial charge in [-0.2, -0.15) is 0 Å². The molecule has 0 aliphatic carbocycles. The Bertz CT molecular complexity index is 928. The van der Waals surface area contributed by atoms with Gasteiger partial charge in [0.1, 0.15) is 5.82 Å². The van der Waals surface area contributed by atoms with Gasteiger partial charge in [0.15, 0.2) is 0 Å². The Morgan fingerprint density at radius 3 is 2.48 bits per heavy atom. The standard InChI is InChI=1S/C18H18N2O2S/c1-2-3-13-18-19-16-11-7-8-12-17(16)20(18)23(21,22)14-15-9-5-4-6-10-15/h2,4-12H,1,3,13-14H2. The predicted molar refractivity (Wildman–Crippen MR) is 92.7 cm³/mol. The van der Waals surface area contributed by atoms with Gasteiger partial charge in [0.25, 0.3) is 0 Å². The quantitative estimate of drug-likeness (QED) is 0.651. The van der Waals surface area contributed by atoms with Crippen LogP contribution >= 0.6 is 0 Å². The molecule has 0 amide bonds. The molecule has 0 aliphatic rings. The van der Waals surface area contributed by atoms with Gasteiger partial charge in [-0.15, -0.1) is 6.58 Å². The SMILES string of the molecule is C=CCCc1nc2ccccc2n1S(=O)(=O)Cc1ccccc1. The zero-order valence-electron chi connectivity index (χ0n) is 12.7. The van der Waals surface area contributed by atoms with Crippen LogP contribution in [0.1, 0.15) is 17.8 Å². The third kappa shape index (κ3) is 3.19. The fourth-order valence-corrected chi connectivity index (χ4v) is 4.25. The van der Waals surface area contributed by atoms with Crippen LogP contribution in [-0.2, 0) is 22.2 Å². The molecule has 0 fully saturated rings. The molecule has 5 heteroatoms. The van der Waals surface area contributed by atoms with E-state index in [1.165, 1.54) is 3.97 Å². The van der Waals surface area contributed by atoms with E-state index in [2.05, 4.69) is 11.6 Å². The Morgan fingerprint density at radius 2 is 1.74 bits per heavy atom. The Balaban J connectivity index is 2.11. The van der Waals surface area contributed by atoms with E-state index in [1.807, 2.05) is 48.5 Å². The molecule has 3 rings (SSSR count). The van der Waals surface area contributed by atoms with Gasteiger partial charge in [-0.25, -0.2) is 17.4 Å². The molecule has 4 nitrogen and oxygen atoms in total. The summed E-state index contributed by atoms with van der Waals surface area (Å²) in [6, 6.07) is 16.5. The van der Waals surface area contributed by atoms with Crippen molar-refractivity contribution in [3.05, 3.63) is 78.6 Å². The van der Waals surface area contributed by atoms with Crippen molar-refractivity contribution in [2.45, 2.75) is 18.6 Å². The van der Waals surface area contributed by atoms with Crippen LogP contribution in [0, 0.1) is 0 Å². The second-order valence-electron chi connectivity index (χ2n) is 5.35. The smallest absolute Gasteiger partial charge is 0.232 e. The zero-order chi connectivity index (χ0) is 16.3. The number of aryl methyl sites for hydroxylation is 1. The van der Waals surface area contributed by atoms with E-state index in [4.69, 9.17) is 0 Å². The van der Waals surface area contributed by atoms with Crippen LogP contribution in [0.5, 0.6) is 0 Å². The average Bonchev–Trinajstić information content (AvgIpc) is 2.92. The van der Waals surface area contributed by atoms with Crippen LogP contribution in [0.3, 0.4) is 0 Å². The summed E-state index contributed by atoms with van der Waals surface area (Å²) in [6.07, 6.45) is 3.00. The van der Waals surface area contributed by atoms with Crippen LogP contribution in [0.2, 0.25) is 0 Å². The van der Waals surface area contributed by atoms with E-state index < -0.39 is 10.0 Å². The van der Waals surface area contributed by atoms with Gasteiger partial charge in [0.05, 0.1) is 16.8 Å². The first-order valence-electron chi connectivity index (χ1n) is 7.46. The van der Waals surface area contributed by atoms with Crippen molar-refractivity contribution in [1.82, 2.24) is 8.96 Å². The summed E-state index contributed by atoms with van der Waals surface area (Å²) in [7, 11) is -3.54. The Morgan fingerprint density at radius 1 is 1.04 bits per heavy atom. The van der Waals surface area contributed by atoms with Crippen molar-refractivity contribution < 1.29 is 8.42 Å². The van der Waals surface area contributed by atoms with E-state index in [-0.39, 0.29) is 5.75 Å². The summed E-state index contributed by atoms with van der Waals surface area (Å²) < 4.78 is 27.3. The highest BCUT2D eigenvalue weighted by Gasteiger charge is 2.22. The monoisotopic (exact) mass is 326 g/mol. The van der Waals surface area contributed by atoms with Crippen LogP contribution in [-0.4, -0.2) is 17.4 Å². The lowest BCUT2D eigenvalue weighted by atomic mass is 10.2. The summed E-state index contributed by atoms with van der Waals surface area (Å²) in [4.78, 5) is 4.49. The first kappa shape index (κ1) is 15.5. The van der Waals surface area contributed by atoms with E-state index in [0.29, 0.717) is 29.7 Å². The molecule has 23 heavy (non-hydrogen) atoms. The first-order chi connectivity index (χ1) is 11.1. The molecule has 1 heterocycles. The molecule has 2 aromatic carbocycles. The summed E-state index contributed by atoms with van der Waals surface area (Å²) in [5.41, 5.74) is 2.09. The zero-order valence-corrected chi connectivity index (χ0v) is 13.5. The number of imidazole rings is 1. The summed E-state index contributed by atoms with van der Waals surface area (Å²) >= 11 is 0. The molecular weight excluding hydrogens is 308 g/mol. The van der Waals surface area contributed by atoms with Crippen molar-refractivity contribution in [3.8, 4) is 0 Å². The molecule has 0 aliphatic heterocycles. The number of aromatic nitrogens is 2. The molecule has 0 spiro atoms. The van der Waals surface area contributed by atoms with Crippen LogP contribution in [0.25, 0.3) is 11.0 Å². The second kappa shape index (κ2) is 6.38. The molecule has 1 aromatic heterocycles. The fourth-order valence-electron chi connectivity index (χ4n) is 2.60. The van der Waals surface area contributed by atoms with E-state index in [1.54, 1.807) is 12.1 Å². The molecule has 0 saturated heterocycles. The molecule has 0 saturated carbocycles. The molecule has 0 atom stereocenters. The van der Waals surface area contributed by atoms with Crippen molar-refractivity contribution in [3.63, 3.8) is 0 Å². The van der Waals surface area contributed by atoms with Gasteiger partial charge in [-0.05, 0) is 24.1 Å². The maximum Gasteiger partial charge on any atom is 0.244 e. The number of hydrogen-bond acceptors (Lipinski definition) is 3. The number of para-hydroxylation sites is 2. The number of benzene rings is 2. The number of nitrogens with zero attached hydrogens (tertiary/aromatic N) is 2. The van der Waals surface area contributed by atoms with Crippen LogP contribution in [0.4, 0.5) is 0 Å². The minimum Gasteiger partial charge on any atom is -0.232 e. The van der Waals surface area contributed by atoms with Crippen molar-refractivity contribution >= 4 is 21.1 Å². The van der Waals surface area contributed by atoms with E-state index in [9.17, 15) is 8.42 Å². The molecule has 3 aromatic rings. The average molecular weight is 326 g/mol. The minimum absolute atomic E-state index is 0.0463. The van der Waals surface area contributed by atoms with E-state index in [0.717, 1.165) is 5.56 Å². The third-order valence-corrected chi connectivity index (χ3v) is 5.29. The minimum atomic E-state index is -3.54. The highest BCUT2D eigenvalue weighted by atomic mass is 32.2. The Hall–Kier alpha value is -2.40. The number of rotatable bonds is 6. The highest BCUT2D eigenvalue weighted by molar-refractivity contribution is 7.89. The largest absolute Gasteiger partial charge is 0.244 e. The number of allylic oxidation sites excluding steroid dienone is 1. The van der Waals surface area contributed by atoms with Crippen LogP contribution in [0.15, 0.2) is 67.3 Å². The molecule has 118 valence electrons. The summed E-state index contributed by atoms with van der Waals surface area (Å²) in [5, 5.41) is 0. The lowest BCUT2D eigenvalue weighted by molar-refractivity contribution is 0.585. The maximum atomic E-state index is 13.0. The van der Waals surface area contributed by atoms with Crippen LogP contribution < -0.4 is 0 Å². The molecule has 0 bridgehead atoms. The van der Waals surface area contributed by atoms with Gasteiger partial charge in [-0.1, -0.05) is 48.5 Å². The van der Waals surface area contributed by atoms with Gasteiger partial charge in [0.2, 0.25) is 10.0 Å². The first-order valence-corrected chi connectivity index (χ1v) is 9.07. The summed E-state index contributed by atoms with van der Waals surface area (Å²) in [5.74, 6) is 0.511. The fraction of sp³-hybridized carbons (Fsp3) is 0.167. The van der Waals surface area contributed by atoms with Gasteiger partial charge >= 0.3 is 0 Å². The lowest BCUT2D eigenvalue weighted by Gasteiger charge is -2.10. The van der Waals surface area contributed by atoms with Gasteiger partial charge in [-0.3, -0.25) is 0 Å². The molecule has 0 unspecified atom stereocenters. The van der Waals surface area contributed by atoms with Crippen molar-refractivity contribution in [2.75, 3.05) is 0 Å². The third-order valence-electron chi connectivity index (χ3n) is 3.63. The van der Waals surface area contributed by atoms with Gasteiger partial charge < -0.3 is 0 Å². The second-order valence-corrected chi connectivity index (χ2v) is 7.17. The number of fused-ring (bicyclic) bond motifs is 1. The topological polar surface area (TPSA) is 52.0 Å². The summed E-state index contributed by atoms with van der Waals surface area (Å²) in [6.45, 7) is 3.70. The molecule has 0 radical (unpaired) electrons. The maximum absolute atomic E-state index is 13.0. The molecule has 0 N–H and O–H groups in total. The van der Waals surface area contributed by atoms with E-state index >= 15 is 0 Å². The lowest BCUT2D eigenvalue weighted by Crippen LogP contribution is -2.18. The highest BCUT2D eigenvalue weighted by Crippen LogP contribution is 2.21. The normalized spacial score (nSPS) is 11.7. The predicted octanol–water partition coefficient (Wildman–Crippen LogP) is 3.53. The van der Waals surface area contributed by atoms with Gasteiger partial charge in [0, 0.05) is 6.42 Å². The number of hydrogen-bond donors (Lipinski definition) is 0. The van der Waals surface area contributed by atoms with Crippen molar-refractivity contribution in [1.29, 1.82) is 0 Å².